The van der Waals surface area contributed by atoms with E-state index in [4.69, 9.17) is 4.42 Å². The molecule has 1 saturated carbocycles. The van der Waals surface area contributed by atoms with Crippen LogP contribution >= 0.6 is 0 Å². The topological polar surface area (TPSA) is 38.9 Å². The van der Waals surface area contributed by atoms with Crippen LogP contribution in [0.3, 0.4) is 0 Å². The van der Waals surface area contributed by atoms with Gasteiger partial charge in [-0.1, -0.05) is 32.0 Å². The maximum absolute atomic E-state index is 5.72. The zero-order chi connectivity index (χ0) is 17.9. The van der Waals surface area contributed by atoms with Crippen LogP contribution in [0, 0.1) is 11.8 Å². The normalized spacial score (nSPS) is 20.7. The Balaban J connectivity index is 1.39. The average Bonchev–Trinajstić information content (AvgIpc) is 3.08. The fourth-order valence-corrected chi connectivity index (χ4v) is 4.35. The molecule has 0 unspecified atom stereocenters. The number of para-hydroxylation sites is 1. The number of oxazole rings is 1. The number of pyridine rings is 1. The van der Waals surface area contributed by atoms with Gasteiger partial charge in [-0.15, -0.1) is 0 Å². The SMILES string of the molecule is CC(C)Cc1coc(CC2CCC(c3ccnc4ccccc34)CC2)n1. The third kappa shape index (κ3) is 3.82. The molecular weight excluding hydrogens is 320 g/mol. The molecule has 1 fully saturated rings. The highest BCUT2D eigenvalue weighted by Gasteiger charge is 2.25. The van der Waals surface area contributed by atoms with Crippen molar-refractivity contribution in [3.63, 3.8) is 0 Å². The lowest BCUT2D eigenvalue weighted by molar-refractivity contribution is 0.305. The monoisotopic (exact) mass is 348 g/mol. The third-order valence-corrected chi connectivity index (χ3v) is 5.65. The molecule has 3 aromatic rings. The molecule has 3 nitrogen and oxygen atoms in total. The van der Waals surface area contributed by atoms with Gasteiger partial charge in [0.15, 0.2) is 5.89 Å². The van der Waals surface area contributed by atoms with Crippen LogP contribution in [0.25, 0.3) is 10.9 Å². The van der Waals surface area contributed by atoms with E-state index >= 15 is 0 Å². The van der Waals surface area contributed by atoms with Gasteiger partial charge in [0.2, 0.25) is 0 Å². The first-order chi connectivity index (χ1) is 12.7. The summed E-state index contributed by atoms with van der Waals surface area (Å²) in [6, 6.07) is 10.7. The average molecular weight is 348 g/mol. The van der Waals surface area contributed by atoms with Gasteiger partial charge in [0.05, 0.1) is 11.2 Å². The van der Waals surface area contributed by atoms with E-state index in [-0.39, 0.29) is 0 Å². The first-order valence-electron chi connectivity index (χ1n) is 9.96. The van der Waals surface area contributed by atoms with Gasteiger partial charge < -0.3 is 4.42 Å². The van der Waals surface area contributed by atoms with Crippen LogP contribution in [-0.2, 0) is 12.8 Å². The second kappa shape index (κ2) is 7.61. The minimum atomic E-state index is 0.624. The second-order valence-electron chi connectivity index (χ2n) is 8.17. The molecule has 0 bridgehead atoms. The molecule has 0 spiro atoms. The predicted molar refractivity (Wildman–Crippen MR) is 105 cm³/mol. The van der Waals surface area contributed by atoms with E-state index in [2.05, 4.69) is 54.1 Å². The van der Waals surface area contributed by atoms with Crippen molar-refractivity contribution in [2.45, 2.75) is 58.3 Å². The largest absolute Gasteiger partial charge is 0.449 e. The van der Waals surface area contributed by atoms with Crippen molar-refractivity contribution in [1.82, 2.24) is 9.97 Å². The summed E-state index contributed by atoms with van der Waals surface area (Å²) in [4.78, 5) is 9.20. The third-order valence-electron chi connectivity index (χ3n) is 5.65. The minimum absolute atomic E-state index is 0.624. The Morgan fingerprint density at radius 1 is 1.08 bits per heavy atom. The Labute approximate surface area is 155 Å². The van der Waals surface area contributed by atoms with E-state index < -0.39 is 0 Å². The standard InChI is InChI=1S/C23H28N2O/c1-16(2)13-19-15-26-23(25-19)14-17-7-9-18(10-8-17)20-11-12-24-22-6-4-3-5-21(20)22/h3-6,11-12,15-18H,7-10,13-14H2,1-2H3. The van der Waals surface area contributed by atoms with E-state index in [9.17, 15) is 0 Å². The molecule has 2 aromatic heterocycles. The van der Waals surface area contributed by atoms with Crippen molar-refractivity contribution in [3.05, 3.63) is 59.9 Å². The minimum Gasteiger partial charge on any atom is -0.449 e. The Bertz CT molecular complexity index is 854. The number of nitrogens with zero attached hydrogens (tertiary/aromatic N) is 2. The van der Waals surface area contributed by atoms with Gasteiger partial charge in [-0.25, -0.2) is 4.98 Å². The zero-order valence-corrected chi connectivity index (χ0v) is 15.8. The van der Waals surface area contributed by atoms with Crippen LogP contribution in [-0.4, -0.2) is 9.97 Å². The summed E-state index contributed by atoms with van der Waals surface area (Å²) >= 11 is 0. The lowest BCUT2D eigenvalue weighted by Crippen LogP contribution is -2.16. The molecule has 0 N–H and O–H groups in total. The summed E-state index contributed by atoms with van der Waals surface area (Å²) in [5.74, 6) is 2.90. The summed E-state index contributed by atoms with van der Waals surface area (Å²) in [6.07, 6.45) is 10.8. The number of benzene rings is 1. The number of aromatic nitrogens is 2. The summed E-state index contributed by atoms with van der Waals surface area (Å²) < 4.78 is 5.72. The highest BCUT2D eigenvalue weighted by molar-refractivity contribution is 5.82. The molecule has 26 heavy (non-hydrogen) atoms. The Morgan fingerprint density at radius 2 is 1.88 bits per heavy atom. The van der Waals surface area contributed by atoms with Gasteiger partial charge in [-0.05, 0) is 67.6 Å². The molecule has 1 aliphatic carbocycles. The molecule has 0 atom stereocenters. The first-order valence-corrected chi connectivity index (χ1v) is 9.96. The van der Waals surface area contributed by atoms with Crippen LogP contribution in [0.4, 0.5) is 0 Å². The van der Waals surface area contributed by atoms with Gasteiger partial charge >= 0.3 is 0 Å². The van der Waals surface area contributed by atoms with Crippen LogP contribution in [0.1, 0.15) is 62.6 Å². The molecule has 1 aromatic carbocycles. The van der Waals surface area contributed by atoms with Gasteiger partial charge in [-0.3, -0.25) is 4.98 Å². The maximum atomic E-state index is 5.72. The molecule has 136 valence electrons. The molecule has 0 amide bonds. The first kappa shape index (κ1) is 17.3. The lowest BCUT2D eigenvalue weighted by atomic mass is 9.77. The fraction of sp³-hybridized carbons (Fsp3) is 0.478. The van der Waals surface area contributed by atoms with Crippen molar-refractivity contribution < 1.29 is 4.42 Å². The molecule has 3 heteroatoms. The number of rotatable bonds is 5. The van der Waals surface area contributed by atoms with Gasteiger partial charge in [0, 0.05) is 18.0 Å². The van der Waals surface area contributed by atoms with Crippen molar-refractivity contribution >= 4 is 10.9 Å². The van der Waals surface area contributed by atoms with Crippen molar-refractivity contribution in [2.24, 2.45) is 11.8 Å². The zero-order valence-electron chi connectivity index (χ0n) is 15.8. The van der Waals surface area contributed by atoms with Crippen LogP contribution in [0.2, 0.25) is 0 Å². The van der Waals surface area contributed by atoms with Gasteiger partial charge in [-0.2, -0.15) is 0 Å². The maximum Gasteiger partial charge on any atom is 0.194 e. The van der Waals surface area contributed by atoms with Crippen LogP contribution in [0.5, 0.6) is 0 Å². The second-order valence-corrected chi connectivity index (χ2v) is 8.17. The summed E-state index contributed by atoms with van der Waals surface area (Å²) in [7, 11) is 0. The number of hydrogen-bond donors (Lipinski definition) is 0. The lowest BCUT2D eigenvalue weighted by Gasteiger charge is -2.28. The van der Waals surface area contributed by atoms with Crippen LogP contribution in [0.15, 0.2) is 47.2 Å². The molecule has 1 aliphatic rings. The van der Waals surface area contributed by atoms with Crippen molar-refractivity contribution in [3.8, 4) is 0 Å². The predicted octanol–water partition coefficient (Wildman–Crippen LogP) is 5.94. The van der Waals surface area contributed by atoms with E-state index in [1.165, 1.54) is 36.6 Å². The summed E-state index contributed by atoms with van der Waals surface area (Å²) in [5.41, 5.74) is 3.70. The molecule has 4 rings (SSSR count). The fourth-order valence-electron chi connectivity index (χ4n) is 4.35. The van der Waals surface area contributed by atoms with E-state index in [0.717, 1.165) is 29.9 Å². The van der Waals surface area contributed by atoms with Crippen molar-refractivity contribution in [1.29, 1.82) is 0 Å². The summed E-state index contributed by atoms with van der Waals surface area (Å²) in [5, 5.41) is 1.32. The summed E-state index contributed by atoms with van der Waals surface area (Å²) in [6.45, 7) is 4.44. The Morgan fingerprint density at radius 3 is 2.69 bits per heavy atom. The Kier molecular flexibility index (Phi) is 5.05. The highest BCUT2D eigenvalue weighted by Crippen LogP contribution is 2.39. The molecule has 0 saturated heterocycles. The van der Waals surface area contributed by atoms with E-state index in [1.54, 1.807) is 0 Å². The molecule has 0 aliphatic heterocycles. The van der Waals surface area contributed by atoms with Crippen LogP contribution < -0.4 is 0 Å². The van der Waals surface area contributed by atoms with Gasteiger partial charge in [0.25, 0.3) is 0 Å². The molecule has 0 radical (unpaired) electrons. The highest BCUT2D eigenvalue weighted by atomic mass is 16.3. The molecule has 2 heterocycles. The smallest absolute Gasteiger partial charge is 0.194 e. The number of fused-ring (bicyclic) bond motifs is 1. The Hall–Kier alpha value is -2.16. The quantitative estimate of drug-likeness (QED) is 0.573. The van der Waals surface area contributed by atoms with E-state index in [1.807, 2.05) is 12.5 Å². The van der Waals surface area contributed by atoms with Gasteiger partial charge in [0.1, 0.15) is 6.26 Å². The number of hydrogen-bond acceptors (Lipinski definition) is 3. The molecular formula is C23H28N2O. The van der Waals surface area contributed by atoms with E-state index in [0.29, 0.717) is 17.8 Å². The van der Waals surface area contributed by atoms with Crippen molar-refractivity contribution in [2.75, 3.05) is 0 Å².